The van der Waals surface area contributed by atoms with Crippen molar-refractivity contribution in [1.82, 2.24) is 9.97 Å². The van der Waals surface area contributed by atoms with E-state index < -0.39 is 10.8 Å². The molecular formula is C20H14N4O5. The van der Waals surface area contributed by atoms with E-state index >= 15 is 0 Å². The fourth-order valence-electron chi connectivity index (χ4n) is 2.79. The van der Waals surface area contributed by atoms with E-state index in [9.17, 15) is 14.9 Å². The summed E-state index contributed by atoms with van der Waals surface area (Å²) in [5, 5.41) is 14.1. The lowest BCUT2D eigenvalue weighted by Gasteiger charge is -2.04. The Labute approximate surface area is 164 Å². The summed E-state index contributed by atoms with van der Waals surface area (Å²) < 4.78 is 10.9. The lowest BCUT2D eigenvalue weighted by Crippen LogP contribution is -2.13. The Hall–Kier alpha value is -4.27. The van der Waals surface area contributed by atoms with Crippen molar-refractivity contribution in [2.75, 3.05) is 12.4 Å². The highest BCUT2D eigenvalue weighted by molar-refractivity contribution is 6.07. The first kappa shape index (κ1) is 18.1. The van der Waals surface area contributed by atoms with Gasteiger partial charge in [-0.3, -0.25) is 14.9 Å². The number of carbonyl (C=O) groups is 1. The molecule has 0 radical (unpaired) electrons. The van der Waals surface area contributed by atoms with Gasteiger partial charge in [0.2, 0.25) is 5.71 Å². The number of amides is 1. The number of nitro benzene ring substituents is 1. The van der Waals surface area contributed by atoms with Crippen molar-refractivity contribution in [2.24, 2.45) is 0 Å². The quantitative estimate of drug-likeness (QED) is 0.403. The van der Waals surface area contributed by atoms with E-state index in [1.165, 1.54) is 30.6 Å². The number of carbonyl (C=O) groups excluding carboxylic acids is 1. The van der Waals surface area contributed by atoms with Gasteiger partial charge in [-0.2, -0.15) is 0 Å². The molecule has 0 bridgehead atoms. The molecular weight excluding hydrogens is 376 g/mol. The van der Waals surface area contributed by atoms with Gasteiger partial charge in [-0.1, -0.05) is 6.07 Å². The van der Waals surface area contributed by atoms with Crippen LogP contribution in [0.5, 0.6) is 5.75 Å². The minimum absolute atomic E-state index is 0.143. The number of hydrogen-bond donors (Lipinski definition) is 1. The molecule has 0 aliphatic carbocycles. The van der Waals surface area contributed by atoms with E-state index in [1.807, 2.05) is 12.1 Å². The zero-order valence-electron chi connectivity index (χ0n) is 15.2. The monoisotopic (exact) mass is 390 g/mol. The van der Waals surface area contributed by atoms with Crippen molar-refractivity contribution in [1.29, 1.82) is 0 Å². The Balaban J connectivity index is 1.65. The van der Waals surface area contributed by atoms with E-state index in [0.29, 0.717) is 16.9 Å². The second-order valence-corrected chi connectivity index (χ2v) is 6.04. The zero-order chi connectivity index (χ0) is 20.4. The smallest absolute Gasteiger partial charge is 0.270 e. The first-order valence-electron chi connectivity index (χ1n) is 8.50. The third-order valence-electron chi connectivity index (χ3n) is 4.26. The number of fused-ring (bicyclic) bond motifs is 1. The normalized spacial score (nSPS) is 10.7. The van der Waals surface area contributed by atoms with Crippen LogP contribution in [0, 0.1) is 10.1 Å². The molecule has 0 atom stereocenters. The first-order valence-corrected chi connectivity index (χ1v) is 8.50. The highest BCUT2D eigenvalue weighted by atomic mass is 16.6. The molecule has 2 aromatic heterocycles. The number of furan rings is 1. The number of nitrogens with zero attached hydrogens (tertiary/aromatic N) is 3. The molecule has 29 heavy (non-hydrogen) atoms. The molecule has 1 amide bonds. The molecule has 0 saturated carbocycles. The van der Waals surface area contributed by atoms with Gasteiger partial charge >= 0.3 is 0 Å². The molecule has 0 fully saturated rings. The Morgan fingerprint density at radius 2 is 1.93 bits per heavy atom. The van der Waals surface area contributed by atoms with E-state index in [2.05, 4.69) is 15.3 Å². The SMILES string of the molecule is COc1ccc(-c2cc3c(NC(=O)c4cccc([N+](=O)[O-])c4)ncnc3o2)cc1. The number of methoxy groups -OCH3 is 1. The number of anilines is 1. The Morgan fingerprint density at radius 1 is 1.14 bits per heavy atom. The van der Waals surface area contributed by atoms with Gasteiger partial charge in [0.25, 0.3) is 11.6 Å². The number of hydrogen-bond acceptors (Lipinski definition) is 7. The molecule has 9 nitrogen and oxygen atoms in total. The van der Waals surface area contributed by atoms with Crippen LogP contribution in [0.15, 0.2) is 65.3 Å². The highest BCUT2D eigenvalue weighted by Crippen LogP contribution is 2.31. The summed E-state index contributed by atoms with van der Waals surface area (Å²) in [7, 11) is 1.59. The number of nitrogens with one attached hydrogen (secondary N) is 1. The van der Waals surface area contributed by atoms with Gasteiger partial charge in [0.1, 0.15) is 23.7 Å². The fraction of sp³-hybridized carbons (Fsp3) is 0.0500. The Kier molecular flexibility index (Phi) is 4.62. The van der Waals surface area contributed by atoms with E-state index in [1.54, 1.807) is 25.3 Å². The third kappa shape index (κ3) is 3.61. The topological polar surface area (TPSA) is 120 Å². The van der Waals surface area contributed by atoms with Crippen molar-refractivity contribution in [3.05, 3.63) is 76.6 Å². The summed E-state index contributed by atoms with van der Waals surface area (Å²) in [6.07, 6.45) is 1.27. The summed E-state index contributed by atoms with van der Waals surface area (Å²) in [5.41, 5.74) is 1.08. The minimum atomic E-state index is -0.559. The van der Waals surface area contributed by atoms with Gasteiger partial charge in [0.05, 0.1) is 17.4 Å². The highest BCUT2D eigenvalue weighted by Gasteiger charge is 2.16. The van der Waals surface area contributed by atoms with Gasteiger partial charge < -0.3 is 14.5 Å². The summed E-state index contributed by atoms with van der Waals surface area (Å²) in [6.45, 7) is 0. The molecule has 0 unspecified atom stereocenters. The predicted molar refractivity (Wildman–Crippen MR) is 105 cm³/mol. The van der Waals surface area contributed by atoms with Crippen LogP contribution in [-0.4, -0.2) is 27.9 Å². The van der Waals surface area contributed by atoms with Crippen LogP contribution in [0.4, 0.5) is 11.5 Å². The van der Waals surface area contributed by atoms with E-state index in [4.69, 9.17) is 9.15 Å². The average Bonchev–Trinajstić information content (AvgIpc) is 3.19. The third-order valence-corrected chi connectivity index (χ3v) is 4.26. The molecule has 0 aliphatic rings. The minimum Gasteiger partial charge on any atom is -0.497 e. The standard InChI is InChI=1S/C20H14N4O5/c1-28-15-7-5-12(6-8-15)17-10-16-18(21-11-22-20(16)29-17)23-19(25)13-3-2-4-14(9-13)24(26)27/h2-11H,1H3,(H,21,22,23,25). The molecule has 2 heterocycles. The van der Waals surface area contributed by atoms with E-state index in [-0.39, 0.29) is 17.1 Å². The molecule has 0 aliphatic heterocycles. The van der Waals surface area contributed by atoms with Crippen molar-refractivity contribution in [2.45, 2.75) is 0 Å². The van der Waals surface area contributed by atoms with Crippen molar-refractivity contribution < 1.29 is 18.9 Å². The summed E-state index contributed by atoms with van der Waals surface area (Å²) in [5.74, 6) is 0.986. The predicted octanol–water partition coefficient (Wildman–Crippen LogP) is 4.06. The maximum absolute atomic E-state index is 12.5. The van der Waals surface area contributed by atoms with E-state index in [0.717, 1.165) is 11.3 Å². The van der Waals surface area contributed by atoms with Gasteiger partial charge in [-0.25, -0.2) is 9.97 Å². The maximum Gasteiger partial charge on any atom is 0.270 e. The van der Waals surface area contributed by atoms with Crippen molar-refractivity contribution in [3.8, 4) is 17.1 Å². The summed E-state index contributed by atoms with van der Waals surface area (Å²) in [4.78, 5) is 31.1. The lowest BCUT2D eigenvalue weighted by molar-refractivity contribution is -0.384. The molecule has 2 aromatic carbocycles. The summed E-state index contributed by atoms with van der Waals surface area (Å²) in [6, 6.07) is 14.5. The number of ether oxygens (including phenoxy) is 1. The van der Waals surface area contributed by atoms with Crippen molar-refractivity contribution in [3.63, 3.8) is 0 Å². The Morgan fingerprint density at radius 3 is 2.66 bits per heavy atom. The van der Waals surface area contributed by atoms with Crippen LogP contribution in [0.2, 0.25) is 0 Å². The molecule has 9 heteroatoms. The van der Waals surface area contributed by atoms with Crippen LogP contribution < -0.4 is 10.1 Å². The Bertz CT molecular complexity index is 1220. The van der Waals surface area contributed by atoms with Gasteiger partial charge in [0, 0.05) is 23.3 Å². The van der Waals surface area contributed by atoms with Gasteiger partial charge in [0.15, 0.2) is 0 Å². The molecule has 0 spiro atoms. The van der Waals surface area contributed by atoms with Gasteiger partial charge in [-0.05, 0) is 36.4 Å². The van der Waals surface area contributed by atoms with Crippen molar-refractivity contribution >= 4 is 28.5 Å². The summed E-state index contributed by atoms with van der Waals surface area (Å²) >= 11 is 0. The van der Waals surface area contributed by atoms with Crippen LogP contribution >= 0.6 is 0 Å². The number of benzene rings is 2. The largest absolute Gasteiger partial charge is 0.497 e. The maximum atomic E-state index is 12.5. The fourth-order valence-corrected chi connectivity index (χ4v) is 2.79. The lowest BCUT2D eigenvalue weighted by atomic mass is 10.1. The molecule has 4 rings (SSSR count). The van der Waals surface area contributed by atoms with Crippen LogP contribution in [0.1, 0.15) is 10.4 Å². The van der Waals surface area contributed by atoms with Crippen LogP contribution in [0.25, 0.3) is 22.4 Å². The zero-order valence-corrected chi connectivity index (χ0v) is 15.2. The number of aromatic nitrogens is 2. The molecule has 4 aromatic rings. The molecule has 144 valence electrons. The number of non-ortho nitro benzene ring substituents is 1. The van der Waals surface area contributed by atoms with Gasteiger partial charge in [-0.15, -0.1) is 0 Å². The number of nitro groups is 1. The van der Waals surface area contributed by atoms with Crippen LogP contribution in [0.3, 0.4) is 0 Å². The first-order chi connectivity index (χ1) is 14.0. The van der Waals surface area contributed by atoms with Crippen LogP contribution in [-0.2, 0) is 0 Å². The molecule has 1 N–H and O–H groups in total. The number of rotatable bonds is 5. The molecule has 0 saturated heterocycles. The second-order valence-electron chi connectivity index (χ2n) is 6.04. The average molecular weight is 390 g/mol. The second kappa shape index (κ2) is 7.39.